The van der Waals surface area contributed by atoms with Crippen LogP contribution in [0.25, 0.3) is 10.9 Å². The highest BCUT2D eigenvalue weighted by atomic mass is 16.5. The second-order valence-corrected chi connectivity index (χ2v) is 6.25. The predicted octanol–water partition coefficient (Wildman–Crippen LogP) is 3.69. The number of nitrogens with zero attached hydrogens (tertiary/aromatic N) is 3. The Morgan fingerprint density at radius 2 is 2.04 bits per heavy atom. The van der Waals surface area contributed by atoms with Crippen molar-refractivity contribution in [2.45, 2.75) is 6.10 Å². The number of methoxy groups -OCH3 is 1. The Morgan fingerprint density at radius 3 is 2.81 bits per heavy atom. The van der Waals surface area contributed by atoms with Crippen molar-refractivity contribution in [2.75, 3.05) is 31.7 Å². The fourth-order valence-electron chi connectivity index (χ4n) is 3.30. The largest absolute Gasteiger partial charge is 0.497 e. The number of nitriles is 1. The Balaban J connectivity index is 1.71. The van der Waals surface area contributed by atoms with Crippen LogP contribution in [0.15, 0.2) is 54.6 Å². The standard InChI is InChI=1S/C21H19N3O2/c1-25-18-8-7-16-11-17(13-22)21(23-19(16)12-18)24-9-10-26-20(14-24)15-5-3-2-4-6-15/h2-8,11-12,20H,9-10,14H2,1H3/t20-/m0/s1. The first-order valence-electron chi connectivity index (χ1n) is 8.59. The van der Waals surface area contributed by atoms with Crippen molar-refractivity contribution in [3.8, 4) is 11.8 Å². The van der Waals surface area contributed by atoms with Gasteiger partial charge in [0.15, 0.2) is 0 Å². The van der Waals surface area contributed by atoms with Gasteiger partial charge in [-0.15, -0.1) is 0 Å². The van der Waals surface area contributed by atoms with Crippen LogP contribution in [0.4, 0.5) is 5.82 Å². The molecule has 0 bridgehead atoms. The summed E-state index contributed by atoms with van der Waals surface area (Å²) in [6.07, 6.45) is -0.0284. The van der Waals surface area contributed by atoms with Crippen LogP contribution in [-0.4, -0.2) is 31.8 Å². The Morgan fingerprint density at radius 1 is 1.19 bits per heavy atom. The average molecular weight is 345 g/mol. The van der Waals surface area contributed by atoms with Gasteiger partial charge in [0.1, 0.15) is 23.7 Å². The predicted molar refractivity (Wildman–Crippen MR) is 100 cm³/mol. The van der Waals surface area contributed by atoms with Crippen molar-refractivity contribution < 1.29 is 9.47 Å². The van der Waals surface area contributed by atoms with E-state index in [1.807, 2.05) is 42.5 Å². The molecular weight excluding hydrogens is 326 g/mol. The molecule has 0 radical (unpaired) electrons. The van der Waals surface area contributed by atoms with E-state index in [1.54, 1.807) is 7.11 Å². The highest BCUT2D eigenvalue weighted by molar-refractivity contribution is 5.84. The molecule has 26 heavy (non-hydrogen) atoms. The minimum atomic E-state index is -0.0284. The summed E-state index contributed by atoms with van der Waals surface area (Å²) in [6.45, 7) is 1.98. The molecule has 0 aliphatic carbocycles. The fourth-order valence-corrected chi connectivity index (χ4v) is 3.30. The first-order chi connectivity index (χ1) is 12.8. The SMILES string of the molecule is COc1ccc2cc(C#N)c(N3CCO[C@H](c4ccccc4)C3)nc2c1. The lowest BCUT2D eigenvalue weighted by Gasteiger charge is -2.34. The van der Waals surface area contributed by atoms with Gasteiger partial charge in [0.2, 0.25) is 0 Å². The third-order valence-electron chi connectivity index (χ3n) is 4.66. The van der Waals surface area contributed by atoms with Crippen LogP contribution in [0.5, 0.6) is 5.75 Å². The van der Waals surface area contributed by atoms with Gasteiger partial charge in [-0.25, -0.2) is 4.98 Å². The lowest BCUT2D eigenvalue weighted by atomic mass is 10.1. The van der Waals surface area contributed by atoms with E-state index in [9.17, 15) is 5.26 Å². The monoisotopic (exact) mass is 345 g/mol. The van der Waals surface area contributed by atoms with E-state index in [1.165, 1.54) is 0 Å². The molecule has 5 heteroatoms. The van der Waals surface area contributed by atoms with E-state index < -0.39 is 0 Å². The lowest BCUT2D eigenvalue weighted by molar-refractivity contribution is 0.0395. The third kappa shape index (κ3) is 3.07. The van der Waals surface area contributed by atoms with Crippen LogP contribution in [0.2, 0.25) is 0 Å². The maximum absolute atomic E-state index is 9.62. The van der Waals surface area contributed by atoms with Gasteiger partial charge in [-0.3, -0.25) is 0 Å². The number of anilines is 1. The Labute approximate surface area is 152 Å². The first-order valence-corrected chi connectivity index (χ1v) is 8.59. The van der Waals surface area contributed by atoms with Crippen molar-refractivity contribution in [2.24, 2.45) is 0 Å². The van der Waals surface area contributed by atoms with E-state index in [0.29, 0.717) is 31.1 Å². The number of ether oxygens (including phenoxy) is 2. The van der Waals surface area contributed by atoms with Crippen molar-refractivity contribution >= 4 is 16.7 Å². The summed E-state index contributed by atoms with van der Waals surface area (Å²) in [5, 5.41) is 10.5. The molecule has 0 N–H and O–H groups in total. The van der Waals surface area contributed by atoms with Crippen molar-refractivity contribution in [1.82, 2.24) is 4.98 Å². The average Bonchev–Trinajstić information content (AvgIpc) is 2.73. The molecule has 4 rings (SSSR count). The molecule has 0 spiro atoms. The van der Waals surface area contributed by atoms with E-state index in [0.717, 1.165) is 22.2 Å². The van der Waals surface area contributed by atoms with Crippen LogP contribution >= 0.6 is 0 Å². The van der Waals surface area contributed by atoms with E-state index >= 15 is 0 Å². The molecule has 2 heterocycles. The number of rotatable bonds is 3. The maximum atomic E-state index is 9.62. The second kappa shape index (κ2) is 7.03. The molecule has 5 nitrogen and oxygen atoms in total. The molecule has 1 aliphatic rings. The normalized spacial score (nSPS) is 17.1. The molecule has 1 aromatic heterocycles. The Hall–Kier alpha value is -3.10. The number of aromatic nitrogens is 1. The number of morpholine rings is 1. The van der Waals surface area contributed by atoms with Gasteiger partial charge in [-0.05, 0) is 23.8 Å². The van der Waals surface area contributed by atoms with Crippen LogP contribution in [0.3, 0.4) is 0 Å². The van der Waals surface area contributed by atoms with Gasteiger partial charge in [0.25, 0.3) is 0 Å². The molecule has 0 amide bonds. The summed E-state index contributed by atoms with van der Waals surface area (Å²) >= 11 is 0. The summed E-state index contributed by atoms with van der Waals surface area (Å²) < 4.78 is 11.2. The van der Waals surface area contributed by atoms with E-state index in [-0.39, 0.29) is 6.10 Å². The zero-order valence-electron chi connectivity index (χ0n) is 14.6. The van der Waals surface area contributed by atoms with Crippen LogP contribution < -0.4 is 9.64 Å². The lowest BCUT2D eigenvalue weighted by Crippen LogP contribution is -2.39. The minimum Gasteiger partial charge on any atom is -0.497 e. The number of pyridine rings is 1. The fraction of sp³-hybridized carbons (Fsp3) is 0.238. The third-order valence-corrected chi connectivity index (χ3v) is 4.66. The summed E-state index contributed by atoms with van der Waals surface area (Å²) in [4.78, 5) is 6.91. The number of benzene rings is 2. The number of fused-ring (bicyclic) bond motifs is 1. The van der Waals surface area contributed by atoms with Gasteiger partial charge < -0.3 is 14.4 Å². The number of hydrogen-bond donors (Lipinski definition) is 0. The highest BCUT2D eigenvalue weighted by Gasteiger charge is 2.25. The van der Waals surface area contributed by atoms with Crippen LogP contribution in [-0.2, 0) is 4.74 Å². The van der Waals surface area contributed by atoms with Gasteiger partial charge in [0, 0.05) is 24.5 Å². The van der Waals surface area contributed by atoms with Crippen LogP contribution in [0, 0.1) is 11.3 Å². The molecule has 1 aliphatic heterocycles. The zero-order chi connectivity index (χ0) is 17.9. The van der Waals surface area contributed by atoms with Gasteiger partial charge in [-0.1, -0.05) is 30.3 Å². The highest BCUT2D eigenvalue weighted by Crippen LogP contribution is 2.30. The molecule has 1 fully saturated rings. The molecule has 0 unspecified atom stereocenters. The van der Waals surface area contributed by atoms with E-state index in [2.05, 4.69) is 23.1 Å². The van der Waals surface area contributed by atoms with E-state index in [4.69, 9.17) is 14.5 Å². The molecule has 2 aromatic carbocycles. The van der Waals surface area contributed by atoms with Gasteiger partial charge >= 0.3 is 0 Å². The van der Waals surface area contributed by atoms with Crippen molar-refractivity contribution in [1.29, 1.82) is 5.26 Å². The minimum absolute atomic E-state index is 0.0284. The molecule has 3 aromatic rings. The molecule has 1 atom stereocenters. The molecular formula is C21H19N3O2. The topological polar surface area (TPSA) is 58.4 Å². The summed E-state index contributed by atoms with van der Waals surface area (Å²) in [5.74, 6) is 1.46. The molecule has 130 valence electrons. The van der Waals surface area contributed by atoms with Crippen molar-refractivity contribution in [3.63, 3.8) is 0 Å². The Kier molecular flexibility index (Phi) is 4.42. The van der Waals surface area contributed by atoms with Gasteiger partial charge in [0.05, 0.1) is 24.8 Å². The molecule has 1 saturated heterocycles. The quantitative estimate of drug-likeness (QED) is 0.724. The Bertz CT molecular complexity index is 966. The maximum Gasteiger partial charge on any atom is 0.147 e. The first kappa shape index (κ1) is 16.4. The summed E-state index contributed by atoms with van der Waals surface area (Å²) in [6, 6.07) is 20.0. The second-order valence-electron chi connectivity index (χ2n) is 6.25. The van der Waals surface area contributed by atoms with Crippen LogP contribution in [0.1, 0.15) is 17.2 Å². The van der Waals surface area contributed by atoms with Crippen molar-refractivity contribution in [3.05, 3.63) is 65.7 Å². The van der Waals surface area contributed by atoms with Gasteiger partial charge in [-0.2, -0.15) is 5.26 Å². The smallest absolute Gasteiger partial charge is 0.147 e. The summed E-state index contributed by atoms with van der Waals surface area (Å²) in [7, 11) is 1.64. The zero-order valence-corrected chi connectivity index (χ0v) is 14.6. The number of hydrogen-bond acceptors (Lipinski definition) is 5. The summed E-state index contributed by atoms with van der Waals surface area (Å²) in [5.41, 5.74) is 2.54. The molecule has 0 saturated carbocycles.